The normalized spacial score (nSPS) is 11.8. The summed E-state index contributed by atoms with van der Waals surface area (Å²) in [6, 6.07) is 16.0. The Balaban J connectivity index is 2.25. The van der Waals surface area contributed by atoms with Crippen molar-refractivity contribution in [1.82, 2.24) is 0 Å². The Kier molecular flexibility index (Phi) is 3.99. The van der Waals surface area contributed by atoms with Gasteiger partial charge in [-0.3, -0.25) is 0 Å². The van der Waals surface area contributed by atoms with Gasteiger partial charge in [-0.15, -0.1) is 0 Å². The van der Waals surface area contributed by atoms with E-state index in [1.54, 1.807) is 42.5 Å². The second-order valence-electron chi connectivity index (χ2n) is 3.70. The van der Waals surface area contributed by atoms with Gasteiger partial charge in [0.1, 0.15) is 5.75 Å². The van der Waals surface area contributed by atoms with E-state index >= 15 is 0 Å². The molecule has 0 amide bonds. The smallest absolute Gasteiger partial charge is 0.349 e. The van der Waals surface area contributed by atoms with Crippen LogP contribution in [-0.4, -0.2) is 11.1 Å². The molecule has 0 saturated carbocycles. The summed E-state index contributed by atoms with van der Waals surface area (Å²) in [6.45, 7) is 0. The molecule has 0 aliphatic heterocycles. The molecule has 0 aliphatic carbocycles. The average Bonchev–Trinajstić information content (AvgIpc) is 2.37. The van der Waals surface area contributed by atoms with Gasteiger partial charge < -0.3 is 9.84 Å². The molecule has 1 N–H and O–H groups in total. The van der Waals surface area contributed by atoms with Crippen LogP contribution in [0.2, 0.25) is 0 Å². The lowest BCUT2D eigenvalue weighted by molar-refractivity contribution is -0.145. The SMILES string of the molecule is O=C(O)[C@H](Oc1cccc(Br)c1)c1ccccc1. The number of carboxylic acids is 1. The van der Waals surface area contributed by atoms with Crippen LogP contribution in [0, 0.1) is 0 Å². The van der Waals surface area contributed by atoms with Crippen LogP contribution in [0.3, 0.4) is 0 Å². The molecular formula is C14H11BrO3. The predicted molar refractivity (Wildman–Crippen MR) is 71.6 cm³/mol. The minimum absolute atomic E-state index is 0.514. The molecule has 0 spiro atoms. The summed E-state index contributed by atoms with van der Waals surface area (Å²) in [7, 11) is 0. The van der Waals surface area contributed by atoms with E-state index in [0.717, 1.165) is 4.47 Å². The van der Waals surface area contributed by atoms with Gasteiger partial charge in [0.15, 0.2) is 0 Å². The first-order valence-electron chi connectivity index (χ1n) is 5.37. The minimum Gasteiger partial charge on any atom is -0.478 e. The lowest BCUT2D eigenvalue weighted by Crippen LogP contribution is -2.18. The quantitative estimate of drug-likeness (QED) is 0.938. The van der Waals surface area contributed by atoms with Crippen molar-refractivity contribution in [1.29, 1.82) is 0 Å². The molecule has 0 saturated heterocycles. The molecule has 0 radical (unpaired) electrons. The average molecular weight is 307 g/mol. The van der Waals surface area contributed by atoms with Crippen LogP contribution in [-0.2, 0) is 4.79 Å². The second kappa shape index (κ2) is 5.69. The van der Waals surface area contributed by atoms with Crippen molar-refractivity contribution >= 4 is 21.9 Å². The van der Waals surface area contributed by atoms with Crippen molar-refractivity contribution in [3.63, 3.8) is 0 Å². The third-order valence-electron chi connectivity index (χ3n) is 2.38. The molecule has 0 fully saturated rings. The predicted octanol–water partition coefficient (Wildman–Crippen LogP) is 3.65. The van der Waals surface area contributed by atoms with Crippen molar-refractivity contribution in [3.05, 3.63) is 64.6 Å². The van der Waals surface area contributed by atoms with Crippen LogP contribution in [0.5, 0.6) is 5.75 Å². The van der Waals surface area contributed by atoms with E-state index in [2.05, 4.69) is 15.9 Å². The van der Waals surface area contributed by atoms with Gasteiger partial charge in [-0.2, -0.15) is 0 Å². The third-order valence-corrected chi connectivity index (χ3v) is 2.87. The Morgan fingerprint density at radius 3 is 2.44 bits per heavy atom. The molecule has 3 nitrogen and oxygen atoms in total. The molecule has 4 heteroatoms. The topological polar surface area (TPSA) is 46.5 Å². The largest absolute Gasteiger partial charge is 0.478 e. The van der Waals surface area contributed by atoms with Gasteiger partial charge in [0.05, 0.1) is 0 Å². The van der Waals surface area contributed by atoms with Gasteiger partial charge in [-0.25, -0.2) is 4.79 Å². The summed E-state index contributed by atoms with van der Waals surface area (Å²) in [5.74, 6) is -0.498. The maximum absolute atomic E-state index is 11.3. The fourth-order valence-electron chi connectivity index (χ4n) is 1.57. The maximum atomic E-state index is 11.3. The first-order valence-corrected chi connectivity index (χ1v) is 6.16. The fraction of sp³-hybridized carbons (Fsp3) is 0.0714. The van der Waals surface area contributed by atoms with E-state index < -0.39 is 12.1 Å². The molecule has 2 aromatic carbocycles. The molecule has 2 rings (SSSR count). The zero-order chi connectivity index (χ0) is 13.0. The zero-order valence-electron chi connectivity index (χ0n) is 9.42. The van der Waals surface area contributed by atoms with E-state index in [1.807, 2.05) is 12.1 Å². The lowest BCUT2D eigenvalue weighted by Gasteiger charge is -2.15. The van der Waals surface area contributed by atoms with Gasteiger partial charge >= 0.3 is 5.97 Å². The highest BCUT2D eigenvalue weighted by Crippen LogP contribution is 2.24. The second-order valence-corrected chi connectivity index (χ2v) is 4.62. The van der Waals surface area contributed by atoms with Crippen LogP contribution in [0.15, 0.2) is 59.1 Å². The fourth-order valence-corrected chi connectivity index (χ4v) is 1.94. The summed E-state index contributed by atoms with van der Waals surface area (Å²) in [5.41, 5.74) is 0.616. The number of ether oxygens (including phenoxy) is 1. The van der Waals surface area contributed by atoms with Crippen LogP contribution in [0.4, 0.5) is 0 Å². The van der Waals surface area contributed by atoms with Crippen LogP contribution in [0.1, 0.15) is 11.7 Å². The summed E-state index contributed by atoms with van der Waals surface area (Å²) in [4.78, 5) is 11.3. The van der Waals surface area contributed by atoms with Crippen LogP contribution in [0.25, 0.3) is 0 Å². The van der Waals surface area contributed by atoms with Crippen molar-refractivity contribution in [2.24, 2.45) is 0 Å². The van der Waals surface area contributed by atoms with Gasteiger partial charge in [-0.1, -0.05) is 52.3 Å². The number of rotatable bonds is 4. The van der Waals surface area contributed by atoms with Gasteiger partial charge in [0.25, 0.3) is 0 Å². The number of carboxylic acid groups (broad SMARTS) is 1. The Morgan fingerprint density at radius 2 is 1.83 bits per heavy atom. The summed E-state index contributed by atoms with van der Waals surface area (Å²) < 4.78 is 6.36. The number of halogens is 1. The summed E-state index contributed by atoms with van der Waals surface area (Å²) in [6.07, 6.45) is -1.000. The Labute approximate surface area is 113 Å². The third kappa shape index (κ3) is 3.11. The number of benzene rings is 2. The van der Waals surface area contributed by atoms with Crippen LogP contribution >= 0.6 is 15.9 Å². The Bertz CT molecular complexity index is 540. The maximum Gasteiger partial charge on any atom is 0.349 e. The molecule has 1 atom stereocenters. The molecule has 18 heavy (non-hydrogen) atoms. The van der Waals surface area contributed by atoms with Crippen molar-refractivity contribution in [2.75, 3.05) is 0 Å². The van der Waals surface area contributed by atoms with Crippen molar-refractivity contribution < 1.29 is 14.6 Å². The molecular weight excluding hydrogens is 296 g/mol. The molecule has 0 heterocycles. The highest BCUT2D eigenvalue weighted by molar-refractivity contribution is 9.10. The van der Waals surface area contributed by atoms with Gasteiger partial charge in [0.2, 0.25) is 6.10 Å². The van der Waals surface area contributed by atoms with E-state index in [-0.39, 0.29) is 0 Å². The monoisotopic (exact) mass is 306 g/mol. The van der Waals surface area contributed by atoms with E-state index in [1.165, 1.54) is 0 Å². The molecule has 0 unspecified atom stereocenters. The Morgan fingerprint density at radius 1 is 1.11 bits per heavy atom. The van der Waals surface area contributed by atoms with Crippen LogP contribution < -0.4 is 4.74 Å². The standard InChI is InChI=1S/C14H11BrO3/c15-11-7-4-8-12(9-11)18-13(14(16)17)10-5-2-1-3-6-10/h1-9,13H,(H,16,17)/t13-/m1/s1. The van der Waals surface area contributed by atoms with E-state index in [9.17, 15) is 9.90 Å². The van der Waals surface area contributed by atoms with E-state index in [4.69, 9.17) is 4.74 Å². The van der Waals surface area contributed by atoms with Crippen molar-refractivity contribution in [3.8, 4) is 5.75 Å². The Hall–Kier alpha value is -1.81. The minimum atomic E-state index is -1.01. The first-order chi connectivity index (χ1) is 8.66. The van der Waals surface area contributed by atoms with E-state index in [0.29, 0.717) is 11.3 Å². The molecule has 0 aliphatic rings. The zero-order valence-corrected chi connectivity index (χ0v) is 11.0. The number of hydrogen-bond acceptors (Lipinski definition) is 2. The highest BCUT2D eigenvalue weighted by Gasteiger charge is 2.21. The number of carbonyl (C=O) groups is 1. The van der Waals surface area contributed by atoms with Gasteiger partial charge in [0, 0.05) is 10.0 Å². The summed E-state index contributed by atoms with van der Waals surface area (Å²) >= 11 is 3.32. The van der Waals surface area contributed by atoms with Gasteiger partial charge in [-0.05, 0) is 18.2 Å². The first kappa shape index (κ1) is 12.6. The molecule has 0 aromatic heterocycles. The number of hydrogen-bond donors (Lipinski definition) is 1. The lowest BCUT2D eigenvalue weighted by atomic mass is 10.1. The summed E-state index contributed by atoms with van der Waals surface area (Å²) in [5, 5.41) is 9.22. The number of aliphatic carboxylic acids is 1. The van der Waals surface area contributed by atoms with Crippen molar-refractivity contribution in [2.45, 2.75) is 6.10 Å². The molecule has 92 valence electrons. The highest BCUT2D eigenvalue weighted by atomic mass is 79.9. The molecule has 2 aromatic rings. The molecule has 0 bridgehead atoms.